The van der Waals surface area contributed by atoms with Gasteiger partial charge in [0.2, 0.25) is 0 Å². The first kappa shape index (κ1) is 16.5. The molecular weight excluding hydrogens is 288 g/mol. The summed E-state index contributed by atoms with van der Waals surface area (Å²) in [5, 5.41) is 7.44. The summed E-state index contributed by atoms with van der Waals surface area (Å²) in [7, 11) is 0. The van der Waals surface area contributed by atoms with E-state index in [0.717, 1.165) is 18.0 Å². The van der Waals surface area contributed by atoms with E-state index in [-0.39, 0.29) is 6.04 Å². The summed E-state index contributed by atoms with van der Waals surface area (Å²) >= 11 is 5.42. The average molecular weight is 312 g/mol. The molecule has 0 saturated heterocycles. The predicted octanol–water partition coefficient (Wildman–Crippen LogP) is 4.23. The quantitative estimate of drug-likeness (QED) is 0.781. The maximum atomic E-state index is 5.42. The monoisotopic (exact) mass is 312 g/mol. The van der Waals surface area contributed by atoms with Gasteiger partial charge in [-0.1, -0.05) is 60.7 Å². The fraction of sp³-hybridized carbons (Fsp3) is 0.316. The molecule has 0 fully saturated rings. The maximum absolute atomic E-state index is 5.42. The minimum Gasteiger partial charge on any atom is -0.360 e. The van der Waals surface area contributed by atoms with Crippen LogP contribution in [-0.2, 0) is 6.42 Å². The van der Waals surface area contributed by atoms with E-state index in [1.165, 1.54) is 11.1 Å². The molecule has 116 valence electrons. The Labute approximate surface area is 139 Å². The minimum absolute atomic E-state index is 0.211. The normalized spacial score (nSPS) is 13.2. The van der Waals surface area contributed by atoms with E-state index in [1.54, 1.807) is 0 Å². The van der Waals surface area contributed by atoms with Gasteiger partial charge in [-0.25, -0.2) is 0 Å². The Morgan fingerprint density at radius 3 is 2.14 bits per heavy atom. The molecule has 0 amide bonds. The first-order valence-electron chi connectivity index (χ1n) is 7.81. The molecule has 0 spiro atoms. The van der Waals surface area contributed by atoms with E-state index in [4.69, 9.17) is 12.2 Å². The van der Waals surface area contributed by atoms with Gasteiger partial charge in [-0.05, 0) is 50.0 Å². The summed E-state index contributed by atoms with van der Waals surface area (Å²) in [4.78, 5) is 0. The van der Waals surface area contributed by atoms with Gasteiger partial charge >= 0.3 is 0 Å². The molecule has 0 heterocycles. The summed E-state index contributed by atoms with van der Waals surface area (Å²) in [6.07, 6.45) is 2.12. The molecule has 2 N–H and O–H groups in total. The molecule has 2 nitrogen and oxygen atoms in total. The lowest BCUT2D eigenvalue weighted by molar-refractivity contribution is 0.588. The highest BCUT2D eigenvalue weighted by atomic mass is 32.1. The fourth-order valence-corrected chi connectivity index (χ4v) is 2.77. The van der Waals surface area contributed by atoms with Crippen molar-refractivity contribution in [3.05, 3.63) is 71.8 Å². The van der Waals surface area contributed by atoms with Crippen LogP contribution in [0.3, 0.4) is 0 Å². The Morgan fingerprint density at radius 2 is 1.50 bits per heavy atom. The number of thiocarbonyl (C=S) groups is 1. The Kier molecular flexibility index (Phi) is 6.41. The van der Waals surface area contributed by atoms with Gasteiger partial charge in [-0.3, -0.25) is 0 Å². The topological polar surface area (TPSA) is 24.1 Å². The van der Waals surface area contributed by atoms with Crippen LogP contribution in [0.2, 0.25) is 0 Å². The smallest absolute Gasteiger partial charge is 0.166 e. The summed E-state index contributed by atoms with van der Waals surface area (Å²) < 4.78 is 0. The molecule has 2 aromatic carbocycles. The van der Waals surface area contributed by atoms with Gasteiger partial charge in [0.25, 0.3) is 0 Å². The van der Waals surface area contributed by atoms with Crippen molar-refractivity contribution < 1.29 is 0 Å². The van der Waals surface area contributed by atoms with Crippen molar-refractivity contribution >= 4 is 17.3 Å². The van der Waals surface area contributed by atoms with E-state index in [2.05, 4.69) is 66.9 Å². The first-order chi connectivity index (χ1) is 10.6. The zero-order chi connectivity index (χ0) is 15.8. The van der Waals surface area contributed by atoms with E-state index in [0.29, 0.717) is 6.04 Å². The number of aryl methyl sites for hydroxylation is 1. The molecule has 2 unspecified atom stereocenters. The molecule has 2 rings (SSSR count). The lowest BCUT2D eigenvalue weighted by Gasteiger charge is -2.21. The molecule has 0 aliphatic heterocycles. The molecule has 2 atom stereocenters. The molecule has 0 radical (unpaired) electrons. The van der Waals surface area contributed by atoms with Crippen molar-refractivity contribution in [1.29, 1.82) is 0 Å². The summed E-state index contributed by atoms with van der Waals surface area (Å²) in [5.41, 5.74) is 2.61. The van der Waals surface area contributed by atoms with Crippen molar-refractivity contribution in [2.45, 2.75) is 38.8 Å². The highest BCUT2D eigenvalue weighted by Crippen LogP contribution is 2.11. The van der Waals surface area contributed by atoms with Crippen LogP contribution >= 0.6 is 12.2 Å². The van der Waals surface area contributed by atoms with Gasteiger partial charge < -0.3 is 10.6 Å². The second kappa shape index (κ2) is 8.54. The number of nitrogens with one attached hydrogen (secondary N) is 2. The molecule has 0 saturated carbocycles. The summed E-state index contributed by atoms with van der Waals surface area (Å²) in [6, 6.07) is 21.5. The summed E-state index contributed by atoms with van der Waals surface area (Å²) in [6.45, 7) is 4.29. The second-order valence-electron chi connectivity index (χ2n) is 5.68. The summed E-state index contributed by atoms with van der Waals surface area (Å²) in [5.74, 6) is 0. The van der Waals surface area contributed by atoms with E-state index < -0.39 is 0 Å². The zero-order valence-corrected chi connectivity index (χ0v) is 14.1. The maximum Gasteiger partial charge on any atom is 0.166 e. The average Bonchev–Trinajstić information content (AvgIpc) is 2.54. The van der Waals surface area contributed by atoms with Gasteiger partial charge in [0, 0.05) is 6.04 Å². The third kappa shape index (κ3) is 5.49. The van der Waals surface area contributed by atoms with Gasteiger partial charge in [-0.15, -0.1) is 0 Å². The third-order valence-electron chi connectivity index (χ3n) is 3.73. The van der Waals surface area contributed by atoms with Crippen LogP contribution in [-0.4, -0.2) is 11.2 Å². The van der Waals surface area contributed by atoms with Crippen LogP contribution in [0, 0.1) is 0 Å². The lowest BCUT2D eigenvalue weighted by atomic mass is 10.1. The van der Waals surface area contributed by atoms with Crippen LogP contribution in [0.25, 0.3) is 0 Å². The standard InChI is InChI=1S/C19H24N2S/c1-15(13-14-17-9-5-3-6-10-17)20-19(22)21-16(2)18-11-7-4-8-12-18/h3-12,15-16H,13-14H2,1-2H3,(H2,20,21,22). The number of benzene rings is 2. The van der Waals surface area contributed by atoms with Gasteiger partial charge in [0.1, 0.15) is 0 Å². The SMILES string of the molecule is CC(CCc1ccccc1)NC(=S)NC(C)c1ccccc1. The predicted molar refractivity (Wildman–Crippen MR) is 98.0 cm³/mol. The van der Waals surface area contributed by atoms with Gasteiger partial charge in [0.15, 0.2) is 5.11 Å². The highest BCUT2D eigenvalue weighted by Gasteiger charge is 2.09. The Morgan fingerprint density at radius 1 is 0.909 bits per heavy atom. The number of hydrogen-bond acceptors (Lipinski definition) is 1. The molecule has 0 aromatic heterocycles. The molecule has 3 heteroatoms. The second-order valence-corrected chi connectivity index (χ2v) is 6.08. The molecule has 22 heavy (non-hydrogen) atoms. The van der Waals surface area contributed by atoms with E-state index in [1.807, 2.05) is 18.2 Å². The largest absolute Gasteiger partial charge is 0.360 e. The lowest BCUT2D eigenvalue weighted by Crippen LogP contribution is -2.41. The van der Waals surface area contributed by atoms with E-state index in [9.17, 15) is 0 Å². The molecule has 2 aromatic rings. The molecule has 0 bridgehead atoms. The van der Waals surface area contributed by atoms with Gasteiger partial charge in [0.05, 0.1) is 6.04 Å². The first-order valence-corrected chi connectivity index (χ1v) is 8.22. The van der Waals surface area contributed by atoms with Crippen molar-refractivity contribution in [1.82, 2.24) is 10.6 Å². The van der Waals surface area contributed by atoms with Crippen molar-refractivity contribution in [2.24, 2.45) is 0 Å². The van der Waals surface area contributed by atoms with Gasteiger partial charge in [-0.2, -0.15) is 0 Å². The van der Waals surface area contributed by atoms with Crippen molar-refractivity contribution in [2.75, 3.05) is 0 Å². The van der Waals surface area contributed by atoms with Crippen LogP contribution in [0.5, 0.6) is 0 Å². The fourth-order valence-electron chi connectivity index (χ4n) is 2.39. The Hall–Kier alpha value is -1.87. The highest BCUT2D eigenvalue weighted by molar-refractivity contribution is 7.80. The number of hydrogen-bond donors (Lipinski definition) is 2. The molecule has 0 aliphatic carbocycles. The van der Waals surface area contributed by atoms with Crippen LogP contribution < -0.4 is 10.6 Å². The molecular formula is C19H24N2S. The van der Waals surface area contributed by atoms with Crippen molar-refractivity contribution in [3.63, 3.8) is 0 Å². The number of rotatable bonds is 6. The minimum atomic E-state index is 0.211. The third-order valence-corrected chi connectivity index (χ3v) is 3.97. The van der Waals surface area contributed by atoms with Crippen LogP contribution in [0.15, 0.2) is 60.7 Å². The Bertz CT molecular complexity index is 569. The van der Waals surface area contributed by atoms with Crippen LogP contribution in [0.1, 0.15) is 37.4 Å². The zero-order valence-electron chi connectivity index (χ0n) is 13.3. The molecule has 0 aliphatic rings. The Balaban J connectivity index is 1.74. The van der Waals surface area contributed by atoms with Crippen LogP contribution in [0.4, 0.5) is 0 Å². The van der Waals surface area contributed by atoms with Crippen molar-refractivity contribution in [3.8, 4) is 0 Å². The van der Waals surface area contributed by atoms with E-state index >= 15 is 0 Å².